The van der Waals surface area contributed by atoms with Crippen LogP contribution in [0.2, 0.25) is 0 Å². The molecule has 3 heterocycles. The number of aryl methyl sites for hydroxylation is 1. The van der Waals surface area contributed by atoms with Gasteiger partial charge >= 0.3 is 0 Å². The Morgan fingerprint density at radius 2 is 1.88 bits per heavy atom. The van der Waals surface area contributed by atoms with Gasteiger partial charge in [0.15, 0.2) is 0 Å². The summed E-state index contributed by atoms with van der Waals surface area (Å²) in [4.78, 5) is 18.1. The van der Waals surface area contributed by atoms with E-state index >= 15 is 0 Å². The Hall–Kier alpha value is -2.92. The summed E-state index contributed by atoms with van der Waals surface area (Å²) in [7, 11) is 1.84. The molecule has 1 aromatic carbocycles. The highest BCUT2D eigenvalue weighted by Crippen LogP contribution is 2.33. The Bertz CT molecular complexity index is 1100. The van der Waals surface area contributed by atoms with Crippen LogP contribution in [-0.2, 0) is 0 Å². The molecule has 0 spiro atoms. The minimum Gasteiger partial charge on any atom is -0.387 e. The van der Waals surface area contributed by atoms with E-state index in [0.717, 1.165) is 28.0 Å². The molecule has 4 nitrogen and oxygen atoms in total. The molecule has 4 aromatic rings. The van der Waals surface area contributed by atoms with Crippen LogP contribution < -0.4 is 10.9 Å². The molecule has 0 saturated heterocycles. The first-order valence-corrected chi connectivity index (χ1v) is 8.97. The molecule has 3 aromatic heterocycles. The maximum absolute atomic E-state index is 13.5. The van der Waals surface area contributed by atoms with E-state index in [4.69, 9.17) is 0 Å². The fourth-order valence-corrected chi connectivity index (χ4v) is 3.76. The van der Waals surface area contributed by atoms with Gasteiger partial charge in [-0.25, -0.2) is 4.98 Å². The van der Waals surface area contributed by atoms with Gasteiger partial charge in [0.05, 0.1) is 16.9 Å². The van der Waals surface area contributed by atoms with E-state index < -0.39 is 0 Å². The van der Waals surface area contributed by atoms with Crippen molar-refractivity contribution in [1.29, 1.82) is 0 Å². The lowest BCUT2D eigenvalue weighted by atomic mass is 10.0. The summed E-state index contributed by atoms with van der Waals surface area (Å²) in [6.45, 7) is 1.94. The molecular formula is C20H17N3OS. The van der Waals surface area contributed by atoms with Crippen molar-refractivity contribution in [2.24, 2.45) is 0 Å². The number of para-hydroxylation sites is 1. The van der Waals surface area contributed by atoms with E-state index in [-0.39, 0.29) is 5.56 Å². The van der Waals surface area contributed by atoms with Gasteiger partial charge in [-0.15, -0.1) is 0 Å². The van der Waals surface area contributed by atoms with Gasteiger partial charge in [-0.2, -0.15) is 11.3 Å². The van der Waals surface area contributed by atoms with Gasteiger partial charge in [-0.05, 0) is 48.0 Å². The first-order valence-electron chi connectivity index (χ1n) is 8.03. The molecule has 1 N–H and O–H groups in total. The molecule has 0 fully saturated rings. The summed E-state index contributed by atoms with van der Waals surface area (Å²) in [5.41, 5.74) is 4.70. The van der Waals surface area contributed by atoms with Gasteiger partial charge < -0.3 is 5.32 Å². The lowest BCUT2D eigenvalue weighted by Gasteiger charge is -2.17. The van der Waals surface area contributed by atoms with Crippen molar-refractivity contribution in [3.63, 3.8) is 0 Å². The Kier molecular flexibility index (Phi) is 3.86. The molecule has 0 bridgehead atoms. The quantitative estimate of drug-likeness (QED) is 0.595. The largest absolute Gasteiger partial charge is 0.387 e. The highest BCUT2D eigenvalue weighted by atomic mass is 32.1. The van der Waals surface area contributed by atoms with Gasteiger partial charge in [0.2, 0.25) is 0 Å². The number of hydrogen-bond donors (Lipinski definition) is 1. The summed E-state index contributed by atoms with van der Waals surface area (Å²) in [6.07, 6.45) is 0. The minimum atomic E-state index is -0.0699. The number of thiophene rings is 1. The predicted octanol–water partition coefficient (Wildman–Crippen LogP) is 4.46. The summed E-state index contributed by atoms with van der Waals surface area (Å²) < 4.78 is 1.70. The second-order valence-corrected chi connectivity index (χ2v) is 6.59. The first kappa shape index (κ1) is 15.6. The second-order valence-electron chi connectivity index (χ2n) is 5.81. The number of nitrogens with zero attached hydrogens (tertiary/aromatic N) is 2. The lowest BCUT2D eigenvalue weighted by Crippen LogP contribution is -2.23. The molecule has 0 radical (unpaired) electrons. The number of aromatic nitrogens is 2. The number of benzene rings is 1. The number of fused-ring (bicyclic) bond motifs is 1. The Morgan fingerprint density at radius 1 is 1.08 bits per heavy atom. The number of anilines is 1. The van der Waals surface area contributed by atoms with Gasteiger partial charge in [-0.1, -0.05) is 18.2 Å². The van der Waals surface area contributed by atoms with Crippen LogP contribution in [0.3, 0.4) is 0 Å². The molecule has 0 amide bonds. The average molecular weight is 347 g/mol. The smallest absolute Gasteiger partial charge is 0.266 e. The SMILES string of the molecule is CNc1c(-c2ccsc2)c(=O)n(-c2ccccc2)c2nc(C)ccc12. The van der Waals surface area contributed by atoms with Crippen LogP contribution in [0.25, 0.3) is 27.8 Å². The van der Waals surface area contributed by atoms with Crippen LogP contribution in [0.1, 0.15) is 5.69 Å². The molecule has 0 saturated carbocycles. The molecule has 25 heavy (non-hydrogen) atoms. The van der Waals surface area contributed by atoms with E-state index in [9.17, 15) is 4.79 Å². The van der Waals surface area contributed by atoms with Gasteiger partial charge in [0, 0.05) is 23.7 Å². The van der Waals surface area contributed by atoms with Crippen molar-refractivity contribution in [1.82, 2.24) is 9.55 Å². The Labute approximate surface area is 149 Å². The number of nitrogens with one attached hydrogen (secondary N) is 1. The third kappa shape index (κ3) is 2.53. The lowest BCUT2D eigenvalue weighted by molar-refractivity contribution is 1.01. The van der Waals surface area contributed by atoms with Crippen molar-refractivity contribution < 1.29 is 0 Å². The molecule has 0 aliphatic heterocycles. The fourth-order valence-electron chi connectivity index (χ4n) is 3.11. The number of hydrogen-bond acceptors (Lipinski definition) is 4. The minimum absolute atomic E-state index is 0.0699. The highest BCUT2D eigenvalue weighted by molar-refractivity contribution is 7.08. The predicted molar refractivity (Wildman–Crippen MR) is 105 cm³/mol. The van der Waals surface area contributed by atoms with E-state index in [2.05, 4.69) is 10.3 Å². The number of rotatable bonds is 3. The molecule has 4 rings (SSSR count). The van der Waals surface area contributed by atoms with Crippen LogP contribution in [0.15, 0.2) is 64.1 Å². The fraction of sp³-hybridized carbons (Fsp3) is 0.100. The van der Waals surface area contributed by atoms with Crippen molar-refractivity contribution in [3.05, 3.63) is 75.3 Å². The monoisotopic (exact) mass is 347 g/mol. The van der Waals surface area contributed by atoms with Crippen LogP contribution in [-0.4, -0.2) is 16.6 Å². The standard InChI is InChI=1S/C20H17N3OS/c1-13-8-9-16-18(21-2)17(14-10-11-25-12-14)20(24)23(19(16)22-13)15-6-4-3-5-7-15/h3-12,21H,1-2H3. The number of pyridine rings is 2. The zero-order valence-electron chi connectivity index (χ0n) is 14.0. The molecule has 5 heteroatoms. The molecule has 0 unspecified atom stereocenters. The molecule has 0 atom stereocenters. The molecule has 0 aliphatic carbocycles. The van der Waals surface area contributed by atoms with Crippen LogP contribution in [0.4, 0.5) is 5.69 Å². The van der Waals surface area contributed by atoms with Crippen molar-refractivity contribution in [2.45, 2.75) is 6.92 Å². The summed E-state index contributed by atoms with van der Waals surface area (Å²) in [5, 5.41) is 8.13. The van der Waals surface area contributed by atoms with Gasteiger partial charge in [-0.3, -0.25) is 9.36 Å². The average Bonchev–Trinajstić information content (AvgIpc) is 3.15. The summed E-state index contributed by atoms with van der Waals surface area (Å²) in [5.74, 6) is 0. The molecular weight excluding hydrogens is 330 g/mol. The second kappa shape index (κ2) is 6.18. The zero-order valence-corrected chi connectivity index (χ0v) is 14.8. The maximum Gasteiger partial charge on any atom is 0.266 e. The normalized spacial score (nSPS) is 11.0. The van der Waals surface area contributed by atoms with Crippen molar-refractivity contribution in [3.8, 4) is 16.8 Å². The highest BCUT2D eigenvalue weighted by Gasteiger charge is 2.19. The summed E-state index contributed by atoms with van der Waals surface area (Å²) >= 11 is 1.58. The Balaban J connectivity index is 2.22. The Morgan fingerprint density at radius 3 is 2.56 bits per heavy atom. The molecule has 124 valence electrons. The van der Waals surface area contributed by atoms with E-state index in [1.807, 2.05) is 73.3 Å². The summed E-state index contributed by atoms with van der Waals surface area (Å²) in [6, 6.07) is 15.6. The first-order chi connectivity index (χ1) is 12.2. The van der Waals surface area contributed by atoms with Crippen molar-refractivity contribution >= 4 is 28.1 Å². The topological polar surface area (TPSA) is 46.9 Å². The van der Waals surface area contributed by atoms with Crippen LogP contribution >= 0.6 is 11.3 Å². The van der Waals surface area contributed by atoms with Gasteiger partial charge in [0.25, 0.3) is 5.56 Å². The van der Waals surface area contributed by atoms with Crippen molar-refractivity contribution in [2.75, 3.05) is 12.4 Å². The maximum atomic E-state index is 13.5. The zero-order chi connectivity index (χ0) is 17.4. The molecule has 0 aliphatic rings. The van der Waals surface area contributed by atoms with Gasteiger partial charge in [0.1, 0.15) is 5.65 Å². The third-order valence-electron chi connectivity index (χ3n) is 4.24. The van der Waals surface area contributed by atoms with E-state index in [0.29, 0.717) is 11.2 Å². The third-order valence-corrected chi connectivity index (χ3v) is 4.92. The van der Waals surface area contributed by atoms with E-state index in [1.165, 1.54) is 0 Å². The van der Waals surface area contributed by atoms with Crippen LogP contribution in [0.5, 0.6) is 0 Å². The van der Waals surface area contributed by atoms with E-state index in [1.54, 1.807) is 15.9 Å². The van der Waals surface area contributed by atoms with Crippen LogP contribution in [0, 0.1) is 6.92 Å².